The molecule has 1 N–H and O–H groups in total. The van der Waals surface area contributed by atoms with Crippen LogP contribution in [0.3, 0.4) is 0 Å². The molecule has 4 aliphatic carbocycles. The quantitative estimate of drug-likeness (QED) is 0.710. The Kier molecular flexibility index (Phi) is 3.44. The molecule has 5 atom stereocenters. The highest BCUT2D eigenvalue weighted by Gasteiger charge is 2.59. The topological polar surface area (TPSA) is 37.3 Å². The minimum absolute atomic E-state index is 0.00694. The maximum Gasteiger partial charge on any atom is 0.144 e. The average molecular weight is 306 g/mol. The van der Waals surface area contributed by atoms with Crippen molar-refractivity contribution in [1.82, 2.24) is 0 Å². The first-order valence-corrected chi connectivity index (χ1v) is 9.16. The van der Waals surface area contributed by atoms with Crippen LogP contribution in [0.5, 0.6) is 0 Å². The highest BCUT2D eigenvalue weighted by atomic mass is 16.3. The number of Topliss-reactive ketones (excluding diaryl/α,β-unsaturated/α-hetero) is 1. The van der Waals surface area contributed by atoms with Crippen molar-refractivity contribution < 1.29 is 9.90 Å². The molecule has 0 spiro atoms. The van der Waals surface area contributed by atoms with Gasteiger partial charge in [0.05, 0.1) is 6.10 Å². The third-order valence-electron chi connectivity index (χ3n) is 8.09. The molecular weight excluding hydrogens is 272 g/mol. The van der Waals surface area contributed by atoms with Crippen LogP contribution >= 0.6 is 0 Å². The molecule has 2 nitrogen and oxygen atoms in total. The van der Waals surface area contributed by atoms with E-state index in [2.05, 4.69) is 41.5 Å². The first-order valence-electron chi connectivity index (χ1n) is 9.16. The fourth-order valence-electron chi connectivity index (χ4n) is 6.30. The van der Waals surface area contributed by atoms with Crippen molar-refractivity contribution in [2.75, 3.05) is 0 Å². The van der Waals surface area contributed by atoms with Crippen LogP contribution in [0.15, 0.2) is 0 Å². The number of aliphatic hydroxyl groups is 1. The number of carbonyl (C=O) groups excluding carboxylic acids is 1. The van der Waals surface area contributed by atoms with Crippen molar-refractivity contribution in [3.63, 3.8) is 0 Å². The Bertz CT molecular complexity index is 480. The number of fused-ring (bicyclic) bond motifs is 4. The van der Waals surface area contributed by atoms with E-state index in [1.165, 1.54) is 25.7 Å². The Morgan fingerprint density at radius 3 is 1.77 bits per heavy atom. The molecule has 4 rings (SSSR count). The van der Waals surface area contributed by atoms with Gasteiger partial charge in [-0.1, -0.05) is 41.5 Å². The summed E-state index contributed by atoms with van der Waals surface area (Å²) < 4.78 is 0. The van der Waals surface area contributed by atoms with Crippen LogP contribution in [0.4, 0.5) is 0 Å². The monoisotopic (exact) mass is 306 g/mol. The Morgan fingerprint density at radius 2 is 1.50 bits per heavy atom. The van der Waals surface area contributed by atoms with Crippen LogP contribution in [0.2, 0.25) is 0 Å². The lowest BCUT2D eigenvalue weighted by molar-refractivity contribution is -0.134. The van der Waals surface area contributed by atoms with Crippen LogP contribution in [-0.4, -0.2) is 17.0 Å². The second kappa shape index (κ2) is 4.59. The van der Waals surface area contributed by atoms with Crippen molar-refractivity contribution >= 4 is 5.78 Å². The van der Waals surface area contributed by atoms with Gasteiger partial charge in [0.2, 0.25) is 0 Å². The highest BCUT2D eigenvalue weighted by molar-refractivity contribution is 5.92. The number of carbonyl (C=O) groups is 1. The SMILES string of the molecule is CC12CCC(C1)C(C)(C)C2=O.CC12CCC(C1)C(C)(C)C2O. The lowest BCUT2D eigenvalue weighted by atomic mass is 9.70. The largest absolute Gasteiger partial charge is 0.392 e. The van der Waals surface area contributed by atoms with Gasteiger partial charge in [-0.05, 0) is 61.2 Å². The molecule has 0 aromatic carbocycles. The van der Waals surface area contributed by atoms with Gasteiger partial charge in [0.1, 0.15) is 5.78 Å². The molecule has 2 heteroatoms. The summed E-state index contributed by atoms with van der Waals surface area (Å²) in [4.78, 5) is 11.8. The lowest BCUT2D eigenvalue weighted by Crippen LogP contribution is -2.39. The second-order valence-electron chi connectivity index (χ2n) is 10.4. The van der Waals surface area contributed by atoms with Crippen LogP contribution in [-0.2, 0) is 4.79 Å². The maximum absolute atomic E-state index is 11.8. The van der Waals surface area contributed by atoms with Gasteiger partial charge in [-0.2, -0.15) is 0 Å². The first-order chi connectivity index (χ1) is 9.93. The van der Waals surface area contributed by atoms with Crippen molar-refractivity contribution in [3.05, 3.63) is 0 Å². The molecule has 0 radical (unpaired) electrons. The molecule has 4 fully saturated rings. The van der Waals surface area contributed by atoms with Gasteiger partial charge in [-0.25, -0.2) is 0 Å². The predicted octanol–water partition coefficient (Wildman–Crippen LogP) is 4.60. The first kappa shape index (κ1) is 16.5. The molecule has 0 heterocycles. The van der Waals surface area contributed by atoms with E-state index in [0.717, 1.165) is 18.8 Å². The third-order valence-corrected chi connectivity index (χ3v) is 8.09. The summed E-state index contributed by atoms with van der Waals surface area (Å²) in [6.45, 7) is 13.0. The second-order valence-corrected chi connectivity index (χ2v) is 10.4. The highest BCUT2D eigenvalue weighted by Crippen LogP contribution is 2.62. The van der Waals surface area contributed by atoms with E-state index in [-0.39, 0.29) is 27.8 Å². The number of hydrogen-bond donors (Lipinski definition) is 1. The van der Waals surface area contributed by atoms with E-state index >= 15 is 0 Å². The van der Waals surface area contributed by atoms with Gasteiger partial charge in [0.15, 0.2) is 0 Å². The van der Waals surface area contributed by atoms with Crippen LogP contribution in [0.25, 0.3) is 0 Å². The van der Waals surface area contributed by atoms with E-state index in [1.54, 1.807) is 0 Å². The number of aliphatic hydroxyl groups excluding tert-OH is 1. The van der Waals surface area contributed by atoms with E-state index in [1.807, 2.05) is 0 Å². The molecule has 4 bridgehead atoms. The van der Waals surface area contributed by atoms with Crippen molar-refractivity contribution in [1.29, 1.82) is 0 Å². The van der Waals surface area contributed by atoms with Gasteiger partial charge < -0.3 is 5.11 Å². The summed E-state index contributed by atoms with van der Waals surface area (Å²) in [6.07, 6.45) is 7.33. The average Bonchev–Trinajstić information content (AvgIpc) is 3.09. The normalized spacial score (nSPS) is 50.1. The van der Waals surface area contributed by atoms with Crippen LogP contribution < -0.4 is 0 Å². The standard InChI is InChI=1S/C10H18O.C10H16O/c2*1-9(2)7-4-5-10(3,6-7)8(9)11/h7-8,11H,4-6H2,1-3H3;7H,4-6H2,1-3H3. The molecular formula is C20H34O2. The van der Waals surface area contributed by atoms with Gasteiger partial charge in [-0.3, -0.25) is 4.79 Å². The summed E-state index contributed by atoms with van der Waals surface area (Å²) in [5.41, 5.74) is 0.502. The zero-order valence-corrected chi connectivity index (χ0v) is 15.3. The summed E-state index contributed by atoms with van der Waals surface area (Å²) >= 11 is 0. The number of rotatable bonds is 0. The molecule has 126 valence electrons. The summed E-state index contributed by atoms with van der Waals surface area (Å²) in [6, 6.07) is 0. The van der Waals surface area contributed by atoms with Gasteiger partial charge in [-0.15, -0.1) is 0 Å². The molecule has 0 amide bonds. The Balaban J connectivity index is 0.000000131. The fraction of sp³-hybridized carbons (Fsp3) is 0.950. The van der Waals surface area contributed by atoms with Crippen LogP contribution in [0.1, 0.15) is 80.1 Å². The summed E-state index contributed by atoms with van der Waals surface area (Å²) in [7, 11) is 0. The molecule has 4 saturated carbocycles. The predicted molar refractivity (Wildman–Crippen MR) is 89.5 cm³/mol. The molecule has 22 heavy (non-hydrogen) atoms. The summed E-state index contributed by atoms with van der Waals surface area (Å²) in [5.74, 6) is 1.98. The zero-order valence-electron chi connectivity index (χ0n) is 15.3. The minimum Gasteiger partial charge on any atom is -0.392 e. The zero-order chi connectivity index (χ0) is 16.6. The molecule has 0 aromatic heterocycles. The van der Waals surface area contributed by atoms with Gasteiger partial charge >= 0.3 is 0 Å². The molecule has 5 unspecified atom stereocenters. The molecule has 0 saturated heterocycles. The molecule has 0 aromatic rings. The Morgan fingerprint density at radius 1 is 0.909 bits per heavy atom. The lowest BCUT2D eigenvalue weighted by Gasteiger charge is -2.38. The van der Waals surface area contributed by atoms with E-state index in [4.69, 9.17) is 0 Å². The fourth-order valence-corrected chi connectivity index (χ4v) is 6.30. The Hall–Kier alpha value is -0.370. The van der Waals surface area contributed by atoms with Gasteiger partial charge in [0, 0.05) is 10.8 Å². The third kappa shape index (κ3) is 2.05. The number of hydrogen-bond acceptors (Lipinski definition) is 2. The molecule has 4 aliphatic rings. The minimum atomic E-state index is -0.0613. The van der Waals surface area contributed by atoms with Crippen molar-refractivity contribution in [2.45, 2.75) is 86.2 Å². The van der Waals surface area contributed by atoms with Crippen molar-refractivity contribution in [2.24, 2.45) is 33.5 Å². The van der Waals surface area contributed by atoms with Gasteiger partial charge in [0.25, 0.3) is 0 Å². The van der Waals surface area contributed by atoms with E-state index in [0.29, 0.717) is 11.7 Å². The van der Waals surface area contributed by atoms with E-state index in [9.17, 15) is 9.90 Å². The summed E-state index contributed by atoms with van der Waals surface area (Å²) in [5, 5.41) is 10.0. The Labute approximate surface area is 136 Å². The smallest absolute Gasteiger partial charge is 0.144 e. The van der Waals surface area contributed by atoms with E-state index < -0.39 is 0 Å². The molecule has 0 aliphatic heterocycles. The van der Waals surface area contributed by atoms with Crippen LogP contribution in [0, 0.1) is 33.5 Å². The van der Waals surface area contributed by atoms with Crippen molar-refractivity contribution in [3.8, 4) is 0 Å². The number of ketones is 1. The maximum atomic E-state index is 11.8.